The van der Waals surface area contributed by atoms with Crippen LogP contribution < -0.4 is 0 Å². The molecule has 2 aromatic heterocycles. The fraction of sp³-hybridized carbons (Fsp3) is 0.364. The summed E-state index contributed by atoms with van der Waals surface area (Å²) in [6.07, 6.45) is 10.6. The lowest BCUT2D eigenvalue weighted by Gasteiger charge is -2.06. The molecule has 4 nitrogen and oxygen atoms in total. The average molecular weight is 405 g/mol. The molecule has 4 rings (SSSR count). The van der Waals surface area contributed by atoms with Crippen LogP contribution in [-0.2, 0) is 25.7 Å². The van der Waals surface area contributed by atoms with E-state index in [2.05, 4.69) is 24.3 Å². The van der Waals surface area contributed by atoms with Crippen LogP contribution in [0.5, 0.6) is 0 Å². The molecule has 0 bridgehead atoms. The van der Waals surface area contributed by atoms with Gasteiger partial charge in [-0.1, -0.05) is 12.2 Å². The molecule has 0 amide bonds. The number of aromatic nitrogens is 2. The van der Waals surface area contributed by atoms with Crippen LogP contribution in [0.25, 0.3) is 0 Å². The standard InChI is InChI=1S/C22H20N4S2/c23-13-17-11-15-5-3-7-19(15)25-21(17)27-9-1-2-10-28-22-18(14-24)12-16-6-4-8-20(16)26-22/h1-2,11-12H,3-10H2/b2-1+. The first-order valence-corrected chi connectivity index (χ1v) is 11.5. The maximum absolute atomic E-state index is 9.37. The summed E-state index contributed by atoms with van der Waals surface area (Å²) >= 11 is 3.22. The molecule has 28 heavy (non-hydrogen) atoms. The summed E-state index contributed by atoms with van der Waals surface area (Å²) in [5.74, 6) is 1.56. The van der Waals surface area contributed by atoms with Crippen LogP contribution in [0, 0.1) is 22.7 Å². The van der Waals surface area contributed by atoms with Crippen LogP contribution >= 0.6 is 23.5 Å². The Morgan fingerprint density at radius 3 is 1.68 bits per heavy atom. The average Bonchev–Trinajstić information content (AvgIpc) is 3.37. The van der Waals surface area contributed by atoms with Gasteiger partial charge in [-0.05, 0) is 61.8 Å². The van der Waals surface area contributed by atoms with E-state index in [0.29, 0.717) is 11.1 Å². The zero-order valence-electron chi connectivity index (χ0n) is 15.6. The molecule has 0 radical (unpaired) electrons. The van der Waals surface area contributed by atoms with Crippen molar-refractivity contribution >= 4 is 23.5 Å². The number of aryl methyl sites for hydroxylation is 4. The maximum atomic E-state index is 9.37. The van der Waals surface area contributed by atoms with E-state index in [4.69, 9.17) is 9.97 Å². The first-order valence-electron chi connectivity index (χ1n) is 9.55. The van der Waals surface area contributed by atoms with Gasteiger partial charge in [-0.2, -0.15) is 10.5 Å². The molecule has 0 N–H and O–H groups in total. The van der Waals surface area contributed by atoms with Crippen LogP contribution in [0.15, 0.2) is 34.3 Å². The Balaban J connectivity index is 1.33. The van der Waals surface area contributed by atoms with Gasteiger partial charge in [0.15, 0.2) is 0 Å². The van der Waals surface area contributed by atoms with E-state index in [1.54, 1.807) is 23.5 Å². The number of thioether (sulfide) groups is 2. The van der Waals surface area contributed by atoms with Gasteiger partial charge in [-0.15, -0.1) is 23.5 Å². The third-order valence-corrected chi connectivity index (χ3v) is 6.96. The number of rotatable bonds is 6. The number of nitriles is 2. The monoisotopic (exact) mass is 404 g/mol. The van der Waals surface area contributed by atoms with Gasteiger partial charge >= 0.3 is 0 Å². The minimum atomic E-state index is 0.689. The van der Waals surface area contributed by atoms with Crippen LogP contribution in [0.3, 0.4) is 0 Å². The van der Waals surface area contributed by atoms with E-state index in [0.717, 1.165) is 71.5 Å². The molecule has 2 aliphatic rings. The zero-order chi connectivity index (χ0) is 19.3. The molecule has 2 aliphatic carbocycles. The third kappa shape index (κ3) is 4.09. The first-order chi connectivity index (χ1) is 13.8. The molecule has 0 aromatic carbocycles. The van der Waals surface area contributed by atoms with Crippen LogP contribution in [0.2, 0.25) is 0 Å². The van der Waals surface area contributed by atoms with E-state index in [9.17, 15) is 10.5 Å². The fourth-order valence-corrected chi connectivity index (χ4v) is 5.33. The van der Waals surface area contributed by atoms with Crippen molar-refractivity contribution in [2.45, 2.75) is 48.6 Å². The van der Waals surface area contributed by atoms with Gasteiger partial charge in [-0.25, -0.2) is 9.97 Å². The summed E-state index contributed by atoms with van der Waals surface area (Å²) < 4.78 is 0. The molecule has 2 aromatic rings. The van der Waals surface area contributed by atoms with Crippen molar-refractivity contribution in [1.29, 1.82) is 10.5 Å². The van der Waals surface area contributed by atoms with Gasteiger partial charge in [-0.3, -0.25) is 0 Å². The molecule has 0 aliphatic heterocycles. The molecule has 0 fully saturated rings. The minimum Gasteiger partial charge on any atom is -0.245 e. The van der Waals surface area contributed by atoms with Gasteiger partial charge in [0.25, 0.3) is 0 Å². The summed E-state index contributed by atoms with van der Waals surface area (Å²) in [5.41, 5.74) is 6.18. The molecule has 0 spiro atoms. The van der Waals surface area contributed by atoms with Gasteiger partial charge in [0, 0.05) is 22.9 Å². The smallest absolute Gasteiger partial charge is 0.114 e. The predicted molar refractivity (Wildman–Crippen MR) is 113 cm³/mol. The lowest BCUT2D eigenvalue weighted by atomic mass is 10.2. The largest absolute Gasteiger partial charge is 0.245 e. The second-order valence-corrected chi connectivity index (χ2v) is 8.94. The highest BCUT2D eigenvalue weighted by Crippen LogP contribution is 2.29. The number of hydrogen-bond donors (Lipinski definition) is 0. The van der Waals surface area contributed by atoms with Crippen LogP contribution in [-0.4, -0.2) is 21.5 Å². The molecule has 6 heteroatoms. The molecular formula is C22H20N4S2. The Bertz CT molecular complexity index is 933. The van der Waals surface area contributed by atoms with Gasteiger partial charge in [0.05, 0.1) is 11.1 Å². The molecule has 0 atom stereocenters. The van der Waals surface area contributed by atoms with Crippen LogP contribution in [0.4, 0.5) is 0 Å². The maximum Gasteiger partial charge on any atom is 0.114 e. The molecule has 0 saturated carbocycles. The van der Waals surface area contributed by atoms with Crippen molar-refractivity contribution in [3.63, 3.8) is 0 Å². The summed E-state index contributed by atoms with van der Waals surface area (Å²) in [4.78, 5) is 9.40. The van der Waals surface area contributed by atoms with E-state index in [-0.39, 0.29) is 0 Å². The highest BCUT2D eigenvalue weighted by atomic mass is 32.2. The number of hydrogen-bond acceptors (Lipinski definition) is 6. The second kappa shape index (κ2) is 8.82. The molecule has 0 unspecified atom stereocenters. The number of pyridine rings is 2. The Hall–Kier alpha value is -2.28. The fourth-order valence-electron chi connectivity index (χ4n) is 3.68. The molecule has 140 valence electrons. The highest BCUT2D eigenvalue weighted by molar-refractivity contribution is 7.99. The minimum absolute atomic E-state index is 0.689. The first kappa shape index (κ1) is 19.1. The van der Waals surface area contributed by atoms with Crippen molar-refractivity contribution in [2.24, 2.45) is 0 Å². The predicted octanol–water partition coefficient (Wildman–Crippen LogP) is 4.64. The van der Waals surface area contributed by atoms with Gasteiger partial charge in [0.2, 0.25) is 0 Å². The second-order valence-electron chi connectivity index (χ2n) is 6.92. The quantitative estimate of drug-likeness (QED) is 0.516. The number of nitrogens with zero attached hydrogens (tertiary/aromatic N) is 4. The van der Waals surface area contributed by atoms with Gasteiger partial charge < -0.3 is 0 Å². The van der Waals surface area contributed by atoms with Crippen LogP contribution in [0.1, 0.15) is 46.5 Å². The Morgan fingerprint density at radius 2 is 1.25 bits per heavy atom. The lowest BCUT2D eigenvalue weighted by Crippen LogP contribution is -1.95. The summed E-state index contributed by atoms with van der Waals surface area (Å²) in [6, 6.07) is 8.59. The topological polar surface area (TPSA) is 73.4 Å². The van der Waals surface area contributed by atoms with E-state index in [1.165, 1.54) is 11.1 Å². The normalized spacial score (nSPS) is 14.6. The Labute approximate surface area is 174 Å². The Kier molecular flexibility index (Phi) is 6.00. The van der Waals surface area contributed by atoms with Crippen molar-refractivity contribution in [1.82, 2.24) is 9.97 Å². The lowest BCUT2D eigenvalue weighted by molar-refractivity contribution is 0.891. The zero-order valence-corrected chi connectivity index (χ0v) is 17.2. The number of fused-ring (bicyclic) bond motifs is 2. The van der Waals surface area contributed by atoms with Crippen molar-refractivity contribution in [3.8, 4) is 12.1 Å². The molecule has 0 saturated heterocycles. The van der Waals surface area contributed by atoms with Crippen molar-refractivity contribution in [2.75, 3.05) is 11.5 Å². The molecular weight excluding hydrogens is 384 g/mol. The SMILES string of the molecule is N#Cc1cc2c(nc1SC/C=C/CSc1nc3c(cc1C#N)CCC3)CCC2. The van der Waals surface area contributed by atoms with E-state index < -0.39 is 0 Å². The van der Waals surface area contributed by atoms with Crippen molar-refractivity contribution in [3.05, 3.63) is 57.9 Å². The van der Waals surface area contributed by atoms with E-state index >= 15 is 0 Å². The summed E-state index contributed by atoms with van der Waals surface area (Å²) in [7, 11) is 0. The van der Waals surface area contributed by atoms with E-state index in [1.807, 2.05) is 12.1 Å². The van der Waals surface area contributed by atoms with Crippen molar-refractivity contribution < 1.29 is 0 Å². The summed E-state index contributed by atoms with van der Waals surface area (Å²) in [5, 5.41) is 20.4. The third-order valence-electron chi connectivity index (χ3n) is 5.07. The highest BCUT2D eigenvalue weighted by Gasteiger charge is 2.17. The summed E-state index contributed by atoms with van der Waals surface area (Å²) in [6.45, 7) is 0. The van der Waals surface area contributed by atoms with Gasteiger partial charge in [0.1, 0.15) is 22.2 Å². The molecule has 2 heterocycles. The Morgan fingerprint density at radius 1 is 0.786 bits per heavy atom.